The molecule has 4 rings (SSSR count). The third-order valence-corrected chi connectivity index (χ3v) is 4.89. The van der Waals surface area contributed by atoms with E-state index in [1.807, 2.05) is 69.3 Å². The van der Waals surface area contributed by atoms with Crippen LogP contribution < -0.4 is 10.6 Å². The zero-order valence-electron chi connectivity index (χ0n) is 17.7. The van der Waals surface area contributed by atoms with Gasteiger partial charge in [-0.05, 0) is 60.7 Å². The number of benzene rings is 3. The van der Waals surface area contributed by atoms with Crippen LogP contribution in [0.2, 0.25) is 0 Å². The van der Waals surface area contributed by atoms with Gasteiger partial charge in [-0.25, -0.2) is 4.98 Å². The highest BCUT2D eigenvalue weighted by atomic mass is 16.2. The van der Waals surface area contributed by atoms with Crippen molar-refractivity contribution in [2.45, 2.75) is 20.8 Å². The number of hydrogen-bond donors (Lipinski definition) is 3. The van der Waals surface area contributed by atoms with Crippen molar-refractivity contribution < 1.29 is 9.59 Å². The van der Waals surface area contributed by atoms with Gasteiger partial charge in [0.15, 0.2) is 0 Å². The second-order valence-electron chi connectivity index (χ2n) is 8.42. The number of amides is 2. The largest absolute Gasteiger partial charge is 0.338 e. The fraction of sp³-hybridized carbons (Fsp3) is 0.160. The highest BCUT2D eigenvalue weighted by Gasteiger charge is 2.21. The van der Waals surface area contributed by atoms with Crippen molar-refractivity contribution in [1.82, 2.24) is 9.97 Å². The minimum Gasteiger partial charge on any atom is -0.338 e. The third kappa shape index (κ3) is 4.64. The lowest BCUT2D eigenvalue weighted by Gasteiger charge is -2.17. The number of nitrogens with zero attached hydrogens (tertiary/aromatic N) is 1. The first-order chi connectivity index (χ1) is 14.8. The molecule has 0 unspecified atom stereocenters. The minimum atomic E-state index is -0.482. The van der Waals surface area contributed by atoms with Crippen molar-refractivity contribution in [2.24, 2.45) is 5.41 Å². The predicted octanol–water partition coefficient (Wildman–Crippen LogP) is 5.47. The molecule has 6 nitrogen and oxygen atoms in total. The Morgan fingerprint density at radius 3 is 2.06 bits per heavy atom. The quantitative estimate of drug-likeness (QED) is 0.415. The highest BCUT2D eigenvalue weighted by molar-refractivity contribution is 6.04. The molecule has 0 bridgehead atoms. The average molecular weight is 412 g/mol. The lowest BCUT2D eigenvalue weighted by atomic mass is 9.95. The van der Waals surface area contributed by atoms with Gasteiger partial charge in [-0.1, -0.05) is 32.9 Å². The summed E-state index contributed by atoms with van der Waals surface area (Å²) in [6.07, 6.45) is 0. The molecule has 3 aromatic carbocycles. The first-order valence-corrected chi connectivity index (χ1v) is 10.1. The first-order valence-electron chi connectivity index (χ1n) is 10.1. The van der Waals surface area contributed by atoms with Crippen LogP contribution in [-0.2, 0) is 4.79 Å². The maximum absolute atomic E-state index is 12.6. The Labute approximate surface area is 180 Å². The number of aromatic nitrogens is 2. The Balaban J connectivity index is 1.42. The van der Waals surface area contributed by atoms with E-state index in [2.05, 4.69) is 20.6 Å². The predicted molar refractivity (Wildman–Crippen MR) is 124 cm³/mol. The number of fused-ring (bicyclic) bond motifs is 1. The molecule has 156 valence electrons. The number of carbonyl (C=O) groups is 2. The zero-order chi connectivity index (χ0) is 22.0. The maximum atomic E-state index is 12.6. The molecule has 1 aromatic heterocycles. The number of carbonyl (C=O) groups excluding carboxylic acids is 2. The summed E-state index contributed by atoms with van der Waals surface area (Å²) in [5.74, 6) is 0.492. The van der Waals surface area contributed by atoms with Gasteiger partial charge in [0, 0.05) is 27.9 Å². The Morgan fingerprint density at radius 1 is 0.806 bits per heavy atom. The minimum absolute atomic E-state index is 0.0748. The van der Waals surface area contributed by atoms with Gasteiger partial charge in [-0.15, -0.1) is 0 Å². The topological polar surface area (TPSA) is 86.9 Å². The van der Waals surface area contributed by atoms with Gasteiger partial charge in [-0.2, -0.15) is 0 Å². The van der Waals surface area contributed by atoms with Crippen LogP contribution >= 0.6 is 0 Å². The third-order valence-electron chi connectivity index (χ3n) is 4.89. The Bertz CT molecular complexity index is 1200. The van der Waals surface area contributed by atoms with Gasteiger partial charge < -0.3 is 15.6 Å². The van der Waals surface area contributed by atoms with Gasteiger partial charge in [0.25, 0.3) is 5.91 Å². The van der Waals surface area contributed by atoms with E-state index in [4.69, 9.17) is 0 Å². The van der Waals surface area contributed by atoms with Crippen LogP contribution in [0.15, 0.2) is 72.8 Å². The van der Waals surface area contributed by atoms with Gasteiger partial charge >= 0.3 is 0 Å². The number of nitrogens with one attached hydrogen (secondary N) is 3. The molecule has 3 N–H and O–H groups in total. The van der Waals surface area contributed by atoms with Crippen LogP contribution in [0.5, 0.6) is 0 Å². The molecule has 0 spiro atoms. The summed E-state index contributed by atoms with van der Waals surface area (Å²) in [7, 11) is 0. The van der Waals surface area contributed by atoms with Crippen LogP contribution in [0.25, 0.3) is 22.4 Å². The molecule has 0 aliphatic carbocycles. The molecular formula is C25H24N4O2. The molecule has 6 heteroatoms. The van der Waals surface area contributed by atoms with E-state index in [0.717, 1.165) is 22.4 Å². The van der Waals surface area contributed by atoms with E-state index >= 15 is 0 Å². The van der Waals surface area contributed by atoms with E-state index < -0.39 is 5.41 Å². The van der Waals surface area contributed by atoms with Crippen molar-refractivity contribution in [2.75, 3.05) is 10.6 Å². The number of anilines is 2. The lowest BCUT2D eigenvalue weighted by molar-refractivity contribution is -0.123. The first kappa shape index (κ1) is 20.3. The molecular weight excluding hydrogens is 388 g/mol. The molecule has 0 fully saturated rings. The molecule has 0 aliphatic heterocycles. The van der Waals surface area contributed by atoms with E-state index in [9.17, 15) is 9.59 Å². The molecule has 4 aromatic rings. The number of para-hydroxylation sites is 2. The Hall–Kier alpha value is -3.93. The molecule has 0 atom stereocenters. The maximum Gasteiger partial charge on any atom is 0.255 e. The van der Waals surface area contributed by atoms with Crippen LogP contribution in [0.3, 0.4) is 0 Å². The summed E-state index contributed by atoms with van der Waals surface area (Å²) in [6, 6.07) is 22.2. The van der Waals surface area contributed by atoms with E-state index in [1.54, 1.807) is 24.3 Å². The van der Waals surface area contributed by atoms with Gasteiger partial charge in [-0.3, -0.25) is 9.59 Å². The normalized spacial score (nSPS) is 11.3. The molecule has 1 heterocycles. The van der Waals surface area contributed by atoms with Crippen molar-refractivity contribution in [3.8, 4) is 11.4 Å². The SMILES string of the molecule is CC(C)(C)C(=O)Nc1ccc(C(=O)Nc2ccc(-c3nc4ccccc4[nH]3)cc2)cc1. The number of rotatable bonds is 4. The summed E-state index contributed by atoms with van der Waals surface area (Å²) in [6.45, 7) is 5.55. The van der Waals surface area contributed by atoms with E-state index in [0.29, 0.717) is 16.9 Å². The van der Waals surface area contributed by atoms with Crippen molar-refractivity contribution in [3.05, 3.63) is 78.4 Å². The second-order valence-corrected chi connectivity index (χ2v) is 8.42. The van der Waals surface area contributed by atoms with Crippen molar-refractivity contribution in [3.63, 3.8) is 0 Å². The van der Waals surface area contributed by atoms with Gasteiger partial charge in [0.05, 0.1) is 11.0 Å². The van der Waals surface area contributed by atoms with Crippen LogP contribution in [-0.4, -0.2) is 21.8 Å². The van der Waals surface area contributed by atoms with Crippen LogP contribution in [0.4, 0.5) is 11.4 Å². The number of hydrogen-bond acceptors (Lipinski definition) is 3. The number of H-pyrrole nitrogens is 1. The van der Waals surface area contributed by atoms with E-state index in [1.165, 1.54) is 0 Å². The summed E-state index contributed by atoms with van der Waals surface area (Å²) in [5.41, 5.74) is 4.21. The summed E-state index contributed by atoms with van der Waals surface area (Å²) in [4.78, 5) is 32.5. The fourth-order valence-electron chi connectivity index (χ4n) is 3.03. The van der Waals surface area contributed by atoms with Gasteiger partial charge in [0.2, 0.25) is 5.91 Å². The summed E-state index contributed by atoms with van der Waals surface area (Å²) < 4.78 is 0. The van der Waals surface area contributed by atoms with Crippen LogP contribution in [0.1, 0.15) is 31.1 Å². The Morgan fingerprint density at radius 2 is 1.42 bits per heavy atom. The van der Waals surface area contributed by atoms with Crippen molar-refractivity contribution >= 4 is 34.2 Å². The molecule has 0 aliphatic rings. The molecule has 0 radical (unpaired) electrons. The zero-order valence-corrected chi connectivity index (χ0v) is 17.7. The smallest absolute Gasteiger partial charge is 0.255 e. The standard InChI is InChI=1S/C25H24N4O2/c1-25(2,3)24(31)27-19-14-10-17(11-15-19)23(30)26-18-12-8-16(9-13-18)22-28-20-6-4-5-7-21(20)29-22/h4-15H,1-3H3,(H,26,30)(H,27,31)(H,28,29). The monoisotopic (exact) mass is 412 g/mol. The molecule has 31 heavy (non-hydrogen) atoms. The summed E-state index contributed by atoms with van der Waals surface area (Å²) in [5, 5.41) is 5.74. The van der Waals surface area contributed by atoms with Crippen LogP contribution in [0, 0.1) is 5.41 Å². The number of imidazole rings is 1. The summed E-state index contributed by atoms with van der Waals surface area (Å²) >= 11 is 0. The van der Waals surface area contributed by atoms with E-state index in [-0.39, 0.29) is 11.8 Å². The average Bonchev–Trinajstić information content (AvgIpc) is 3.18. The van der Waals surface area contributed by atoms with Gasteiger partial charge in [0.1, 0.15) is 5.82 Å². The highest BCUT2D eigenvalue weighted by Crippen LogP contribution is 2.23. The lowest BCUT2D eigenvalue weighted by Crippen LogP contribution is -2.27. The molecule has 0 saturated carbocycles. The molecule has 2 amide bonds. The Kier molecular flexibility index (Phi) is 5.29. The number of aromatic amines is 1. The fourth-order valence-corrected chi connectivity index (χ4v) is 3.03. The van der Waals surface area contributed by atoms with Crippen molar-refractivity contribution in [1.29, 1.82) is 0 Å². The second kappa shape index (κ2) is 8.07. The molecule has 0 saturated heterocycles.